The first-order valence-corrected chi connectivity index (χ1v) is 11.2. The minimum Gasteiger partial charge on any atom is -0.493 e. The van der Waals surface area contributed by atoms with E-state index in [0.717, 1.165) is 22.5 Å². The minimum absolute atomic E-state index is 0.118. The van der Waals surface area contributed by atoms with Crippen molar-refractivity contribution in [1.82, 2.24) is 20.0 Å². The van der Waals surface area contributed by atoms with Crippen molar-refractivity contribution in [3.63, 3.8) is 0 Å². The van der Waals surface area contributed by atoms with Crippen molar-refractivity contribution >= 4 is 11.9 Å². The van der Waals surface area contributed by atoms with Crippen LogP contribution in [0.4, 0.5) is 4.79 Å². The van der Waals surface area contributed by atoms with Gasteiger partial charge in [0.1, 0.15) is 5.75 Å². The average molecular weight is 450 g/mol. The van der Waals surface area contributed by atoms with Crippen molar-refractivity contribution in [1.29, 1.82) is 0 Å². The van der Waals surface area contributed by atoms with Gasteiger partial charge in [-0.05, 0) is 18.2 Å². The van der Waals surface area contributed by atoms with Crippen molar-refractivity contribution in [3.8, 4) is 22.7 Å². The molecule has 3 amide bonds. The summed E-state index contributed by atoms with van der Waals surface area (Å²) >= 11 is 0. The average Bonchev–Trinajstić information content (AvgIpc) is 3.41. The standard InChI is InChI=1S/C27H22N4O3/c32-25-27(15-16-34-23-14-8-7-13-22(23)27)28-26(33)30(25)17-20-18-31(21-11-5-2-6-12-21)29-24(20)19-9-3-1-4-10-19/h1-14,18H,15-17H2,(H,28,33). The Morgan fingerprint density at radius 3 is 2.41 bits per heavy atom. The molecule has 1 atom stereocenters. The molecule has 2 aliphatic heterocycles. The summed E-state index contributed by atoms with van der Waals surface area (Å²) in [4.78, 5) is 28.2. The topological polar surface area (TPSA) is 76.5 Å². The first-order chi connectivity index (χ1) is 16.7. The fourth-order valence-corrected chi connectivity index (χ4v) is 4.76. The Morgan fingerprint density at radius 2 is 1.62 bits per heavy atom. The van der Waals surface area contributed by atoms with Crippen LogP contribution in [-0.2, 0) is 16.9 Å². The Bertz CT molecular complexity index is 1380. The zero-order valence-electron chi connectivity index (χ0n) is 18.3. The molecule has 0 aliphatic carbocycles. The van der Waals surface area contributed by atoms with Crippen molar-refractivity contribution in [2.75, 3.05) is 6.61 Å². The van der Waals surface area contributed by atoms with Gasteiger partial charge in [-0.3, -0.25) is 9.69 Å². The van der Waals surface area contributed by atoms with Gasteiger partial charge in [0.2, 0.25) is 0 Å². The highest BCUT2D eigenvalue weighted by Crippen LogP contribution is 2.41. The molecular weight excluding hydrogens is 428 g/mol. The molecule has 3 heterocycles. The monoisotopic (exact) mass is 450 g/mol. The summed E-state index contributed by atoms with van der Waals surface area (Å²) in [7, 11) is 0. The molecule has 168 valence electrons. The molecule has 34 heavy (non-hydrogen) atoms. The smallest absolute Gasteiger partial charge is 0.325 e. The summed E-state index contributed by atoms with van der Waals surface area (Å²) < 4.78 is 7.53. The van der Waals surface area contributed by atoms with Gasteiger partial charge in [0.15, 0.2) is 5.54 Å². The van der Waals surface area contributed by atoms with E-state index in [0.29, 0.717) is 24.3 Å². The van der Waals surface area contributed by atoms with Gasteiger partial charge in [0.05, 0.1) is 24.5 Å². The number of fused-ring (bicyclic) bond motifs is 2. The van der Waals surface area contributed by atoms with Gasteiger partial charge in [-0.15, -0.1) is 0 Å². The highest BCUT2D eigenvalue weighted by Gasteiger charge is 2.54. The molecule has 1 unspecified atom stereocenters. The molecule has 0 saturated carbocycles. The number of nitrogens with one attached hydrogen (secondary N) is 1. The second-order valence-electron chi connectivity index (χ2n) is 8.47. The summed E-state index contributed by atoms with van der Waals surface area (Å²) in [6.07, 6.45) is 2.28. The van der Waals surface area contributed by atoms with Gasteiger partial charge in [-0.1, -0.05) is 66.7 Å². The zero-order chi connectivity index (χ0) is 23.1. The van der Waals surface area contributed by atoms with E-state index in [1.165, 1.54) is 4.90 Å². The number of ether oxygens (including phenoxy) is 1. The van der Waals surface area contributed by atoms with Crippen LogP contribution in [0.5, 0.6) is 5.75 Å². The molecule has 4 aromatic rings. The third kappa shape index (κ3) is 3.16. The van der Waals surface area contributed by atoms with E-state index in [1.807, 2.05) is 91.1 Å². The van der Waals surface area contributed by atoms with E-state index in [2.05, 4.69) is 5.32 Å². The number of para-hydroxylation sites is 2. The van der Waals surface area contributed by atoms with Gasteiger partial charge in [0, 0.05) is 29.3 Å². The highest BCUT2D eigenvalue weighted by atomic mass is 16.5. The number of rotatable bonds is 4. The molecule has 7 nitrogen and oxygen atoms in total. The summed E-state index contributed by atoms with van der Waals surface area (Å²) in [5, 5.41) is 7.78. The maximum Gasteiger partial charge on any atom is 0.325 e. The Kier molecular flexibility index (Phi) is 4.69. The number of nitrogens with zero attached hydrogens (tertiary/aromatic N) is 3. The van der Waals surface area contributed by atoms with Crippen LogP contribution < -0.4 is 10.1 Å². The van der Waals surface area contributed by atoms with E-state index < -0.39 is 11.6 Å². The predicted molar refractivity (Wildman–Crippen MR) is 126 cm³/mol. The lowest BCUT2D eigenvalue weighted by atomic mass is 9.84. The van der Waals surface area contributed by atoms with Gasteiger partial charge in [-0.25, -0.2) is 9.48 Å². The lowest BCUT2D eigenvalue weighted by molar-refractivity contribution is -0.133. The maximum atomic E-state index is 13.7. The van der Waals surface area contributed by atoms with Gasteiger partial charge < -0.3 is 10.1 Å². The van der Waals surface area contributed by atoms with Gasteiger partial charge in [0.25, 0.3) is 5.91 Å². The fraction of sp³-hybridized carbons (Fsp3) is 0.148. The lowest BCUT2D eigenvalue weighted by Gasteiger charge is -2.33. The van der Waals surface area contributed by atoms with Crippen LogP contribution in [0.2, 0.25) is 0 Å². The number of carbonyl (C=O) groups excluding carboxylic acids is 2. The summed E-state index contributed by atoms with van der Waals surface area (Å²) in [6, 6.07) is 26.5. The maximum absolute atomic E-state index is 13.7. The van der Waals surface area contributed by atoms with E-state index in [1.54, 1.807) is 4.68 Å². The zero-order valence-corrected chi connectivity index (χ0v) is 18.3. The number of hydrogen-bond acceptors (Lipinski definition) is 4. The molecule has 1 saturated heterocycles. The lowest BCUT2D eigenvalue weighted by Crippen LogP contribution is -2.47. The largest absolute Gasteiger partial charge is 0.493 e. The van der Waals surface area contributed by atoms with Crippen LogP contribution in [0.15, 0.2) is 91.1 Å². The van der Waals surface area contributed by atoms with Crippen LogP contribution in [0.25, 0.3) is 16.9 Å². The molecule has 7 heteroatoms. The normalized spacial score (nSPS) is 19.1. The third-order valence-electron chi connectivity index (χ3n) is 6.44. The quantitative estimate of drug-likeness (QED) is 0.471. The van der Waals surface area contributed by atoms with Gasteiger partial charge >= 0.3 is 6.03 Å². The van der Waals surface area contributed by atoms with Gasteiger partial charge in [-0.2, -0.15) is 5.10 Å². The number of carbonyl (C=O) groups is 2. The van der Waals surface area contributed by atoms with E-state index in [4.69, 9.17) is 9.84 Å². The SMILES string of the molecule is O=C1NC2(CCOc3ccccc32)C(=O)N1Cc1cn(-c2ccccc2)nc1-c1ccccc1. The number of aromatic nitrogens is 2. The third-order valence-corrected chi connectivity index (χ3v) is 6.44. The molecule has 1 spiro atoms. The Morgan fingerprint density at radius 1 is 0.912 bits per heavy atom. The molecule has 6 rings (SSSR count). The predicted octanol–water partition coefficient (Wildman–Crippen LogP) is 4.27. The second kappa shape index (κ2) is 7.88. The second-order valence-corrected chi connectivity index (χ2v) is 8.47. The number of benzene rings is 3. The van der Waals surface area contributed by atoms with E-state index in [-0.39, 0.29) is 12.5 Å². The van der Waals surface area contributed by atoms with Crippen LogP contribution in [0, 0.1) is 0 Å². The molecule has 1 fully saturated rings. The number of amides is 3. The molecular formula is C27H22N4O3. The Hall–Kier alpha value is -4.39. The molecule has 1 aromatic heterocycles. The van der Waals surface area contributed by atoms with Crippen molar-refractivity contribution < 1.29 is 14.3 Å². The number of urea groups is 1. The first kappa shape index (κ1) is 20.2. The van der Waals surface area contributed by atoms with Crippen molar-refractivity contribution in [2.24, 2.45) is 0 Å². The molecule has 0 radical (unpaired) electrons. The molecule has 0 bridgehead atoms. The number of hydrogen-bond donors (Lipinski definition) is 1. The minimum atomic E-state index is -1.10. The Balaban J connectivity index is 1.40. The van der Waals surface area contributed by atoms with E-state index >= 15 is 0 Å². The molecule has 3 aromatic carbocycles. The summed E-state index contributed by atoms with van der Waals surface area (Å²) in [6.45, 7) is 0.477. The van der Waals surface area contributed by atoms with Crippen LogP contribution in [0.1, 0.15) is 17.5 Å². The Labute approximate surface area is 196 Å². The summed E-state index contributed by atoms with van der Waals surface area (Å²) in [5.41, 5.74) is 2.94. The van der Waals surface area contributed by atoms with Crippen LogP contribution in [-0.4, -0.2) is 33.2 Å². The molecule has 2 aliphatic rings. The van der Waals surface area contributed by atoms with Crippen molar-refractivity contribution in [2.45, 2.75) is 18.5 Å². The first-order valence-electron chi connectivity index (χ1n) is 11.2. The van der Waals surface area contributed by atoms with Crippen LogP contribution >= 0.6 is 0 Å². The number of imide groups is 1. The van der Waals surface area contributed by atoms with Crippen LogP contribution in [0.3, 0.4) is 0 Å². The van der Waals surface area contributed by atoms with E-state index in [9.17, 15) is 9.59 Å². The summed E-state index contributed by atoms with van der Waals surface area (Å²) in [5.74, 6) is 0.367. The fourth-order valence-electron chi connectivity index (χ4n) is 4.76. The highest BCUT2D eigenvalue weighted by molar-refractivity contribution is 6.08. The molecule has 1 N–H and O–H groups in total. The van der Waals surface area contributed by atoms with Crippen molar-refractivity contribution in [3.05, 3.63) is 102 Å².